The number of nitrogen functional groups attached to an aromatic ring is 1. The first-order chi connectivity index (χ1) is 13.0. The monoisotopic (exact) mass is 372 g/mol. The molecule has 1 aromatic carbocycles. The Morgan fingerprint density at radius 1 is 1.26 bits per heavy atom. The number of aromatic nitrogens is 2. The average Bonchev–Trinajstić information content (AvgIpc) is 2.66. The molecule has 0 spiro atoms. The van der Waals surface area contributed by atoms with E-state index in [1.165, 1.54) is 18.5 Å². The quantitative estimate of drug-likeness (QED) is 0.531. The molecular weight excluding hydrogens is 354 g/mol. The second-order valence-corrected chi connectivity index (χ2v) is 5.98. The van der Waals surface area contributed by atoms with Gasteiger partial charge in [-0.1, -0.05) is 31.2 Å². The van der Waals surface area contributed by atoms with E-state index in [4.69, 9.17) is 5.73 Å². The second kappa shape index (κ2) is 7.53. The van der Waals surface area contributed by atoms with Crippen LogP contribution < -0.4 is 15.8 Å². The van der Waals surface area contributed by atoms with Crippen LogP contribution in [0, 0.1) is 5.21 Å². The highest BCUT2D eigenvalue weighted by Crippen LogP contribution is 2.35. The fourth-order valence-corrected chi connectivity index (χ4v) is 2.97. The van der Waals surface area contributed by atoms with Crippen LogP contribution in [0.2, 0.25) is 0 Å². The fraction of sp³-hybridized carbons (Fsp3) is 0.211. The van der Waals surface area contributed by atoms with Crippen LogP contribution in [0.4, 0.5) is 14.5 Å². The molecule has 0 aliphatic rings. The van der Waals surface area contributed by atoms with Crippen molar-refractivity contribution in [2.45, 2.75) is 19.8 Å². The van der Waals surface area contributed by atoms with Crippen molar-refractivity contribution in [3.63, 3.8) is 0 Å². The lowest BCUT2D eigenvalue weighted by Crippen LogP contribution is -2.40. The van der Waals surface area contributed by atoms with E-state index in [0.29, 0.717) is 34.0 Å². The Kier molecular flexibility index (Phi) is 5.16. The summed E-state index contributed by atoms with van der Waals surface area (Å²) in [4.78, 5) is 16.0. The number of carbonyl (C=O) groups is 1. The van der Waals surface area contributed by atoms with Crippen molar-refractivity contribution in [3.05, 3.63) is 59.3 Å². The average molecular weight is 372 g/mol. The first kappa shape index (κ1) is 18.5. The molecule has 0 aliphatic carbocycles. The van der Waals surface area contributed by atoms with E-state index in [0.717, 1.165) is 0 Å². The highest BCUT2D eigenvalue weighted by molar-refractivity contribution is 6.08. The van der Waals surface area contributed by atoms with Gasteiger partial charge in [0.1, 0.15) is 11.4 Å². The molecule has 0 saturated carbocycles. The number of carbonyl (C=O) groups excluding carboxylic acids is 1. The summed E-state index contributed by atoms with van der Waals surface area (Å²) in [5, 5.41) is 15.9. The Balaban J connectivity index is 2.23. The van der Waals surface area contributed by atoms with Crippen molar-refractivity contribution < 1.29 is 18.3 Å². The maximum Gasteiger partial charge on any atom is 0.319 e. The number of fused-ring (bicyclic) bond motifs is 1. The first-order valence-electron chi connectivity index (χ1n) is 8.41. The summed E-state index contributed by atoms with van der Waals surface area (Å²) in [6.07, 6.45) is 0.408. The lowest BCUT2D eigenvalue weighted by molar-refractivity contribution is -0.605. The molecule has 2 aromatic heterocycles. The summed E-state index contributed by atoms with van der Waals surface area (Å²) in [6.45, 7) is 2.29. The molecule has 0 atom stereocenters. The smallest absolute Gasteiger partial charge is 0.319 e. The molecule has 6 nitrogen and oxygen atoms in total. The van der Waals surface area contributed by atoms with Crippen molar-refractivity contribution in [2.75, 3.05) is 12.3 Å². The summed E-state index contributed by atoms with van der Waals surface area (Å²) in [5.74, 6) is -0.577. The standard InChI is InChI=1S/C19H18F2N4O2/c1-2-8-24-19(26)17-15(22)12-6-3-5-11(14(12)10-25(17)27)13-7-4-9-23-16(13)18(20)21/h3-7,9-10,18H,2,8,22H2,1H3,(H,24,26). The Bertz CT molecular complexity index is 1010. The van der Waals surface area contributed by atoms with Crippen molar-refractivity contribution in [2.24, 2.45) is 0 Å². The van der Waals surface area contributed by atoms with Gasteiger partial charge < -0.3 is 16.3 Å². The van der Waals surface area contributed by atoms with Gasteiger partial charge in [-0.05, 0) is 18.1 Å². The Morgan fingerprint density at radius 2 is 2.00 bits per heavy atom. The molecule has 0 unspecified atom stereocenters. The Hall–Kier alpha value is -3.29. The molecule has 140 valence electrons. The van der Waals surface area contributed by atoms with Gasteiger partial charge >= 0.3 is 11.6 Å². The molecular formula is C19H18F2N4O2. The van der Waals surface area contributed by atoms with E-state index >= 15 is 0 Å². The van der Waals surface area contributed by atoms with E-state index < -0.39 is 12.3 Å². The lowest BCUT2D eigenvalue weighted by atomic mass is 9.97. The van der Waals surface area contributed by atoms with Crippen LogP contribution in [-0.4, -0.2) is 17.4 Å². The number of nitrogens with two attached hydrogens (primary N) is 1. The van der Waals surface area contributed by atoms with Gasteiger partial charge in [-0.15, -0.1) is 0 Å². The highest BCUT2D eigenvalue weighted by atomic mass is 19.3. The number of halogens is 2. The molecule has 1 amide bonds. The van der Waals surface area contributed by atoms with Crippen LogP contribution in [0.5, 0.6) is 0 Å². The molecule has 0 radical (unpaired) electrons. The Labute approximate surface area is 154 Å². The van der Waals surface area contributed by atoms with Crippen molar-refractivity contribution >= 4 is 22.4 Å². The normalized spacial score (nSPS) is 11.1. The molecule has 0 bridgehead atoms. The number of nitrogens with zero attached hydrogens (tertiary/aromatic N) is 2. The minimum Gasteiger partial charge on any atom is -0.618 e. The summed E-state index contributed by atoms with van der Waals surface area (Å²) in [7, 11) is 0. The largest absolute Gasteiger partial charge is 0.618 e. The van der Waals surface area contributed by atoms with Crippen LogP contribution >= 0.6 is 0 Å². The zero-order valence-electron chi connectivity index (χ0n) is 14.6. The van der Waals surface area contributed by atoms with Gasteiger partial charge in [-0.3, -0.25) is 9.78 Å². The summed E-state index contributed by atoms with van der Waals surface area (Å²) >= 11 is 0. The summed E-state index contributed by atoms with van der Waals surface area (Å²) in [5.41, 5.74) is 6.10. The van der Waals surface area contributed by atoms with Gasteiger partial charge in [0.2, 0.25) is 0 Å². The molecule has 27 heavy (non-hydrogen) atoms. The van der Waals surface area contributed by atoms with Crippen LogP contribution in [0.1, 0.15) is 36.0 Å². The van der Waals surface area contributed by atoms with E-state index in [9.17, 15) is 18.8 Å². The highest BCUT2D eigenvalue weighted by Gasteiger charge is 2.25. The van der Waals surface area contributed by atoms with Crippen LogP contribution in [-0.2, 0) is 0 Å². The van der Waals surface area contributed by atoms with E-state index in [2.05, 4.69) is 10.3 Å². The number of benzene rings is 1. The number of alkyl halides is 2. The molecule has 3 N–H and O–H groups in total. The second-order valence-electron chi connectivity index (χ2n) is 5.98. The number of anilines is 1. The molecule has 0 fully saturated rings. The van der Waals surface area contributed by atoms with Crippen molar-refractivity contribution in [1.29, 1.82) is 0 Å². The molecule has 3 rings (SSSR count). The Morgan fingerprint density at radius 3 is 2.70 bits per heavy atom. The van der Waals surface area contributed by atoms with E-state index in [-0.39, 0.29) is 22.6 Å². The van der Waals surface area contributed by atoms with Crippen LogP contribution in [0.3, 0.4) is 0 Å². The van der Waals surface area contributed by atoms with Gasteiger partial charge in [0.05, 0.1) is 5.39 Å². The SMILES string of the molecule is CCCNC(=O)c1c(N)c2cccc(-c3cccnc3C(F)F)c2c[n+]1[O-]. The minimum atomic E-state index is -2.77. The molecule has 3 aromatic rings. The maximum atomic E-state index is 13.4. The number of nitrogens with one attached hydrogen (secondary N) is 1. The fourth-order valence-electron chi connectivity index (χ4n) is 2.97. The third kappa shape index (κ3) is 3.38. The number of pyridine rings is 2. The number of amides is 1. The van der Waals surface area contributed by atoms with E-state index in [1.807, 2.05) is 6.92 Å². The summed E-state index contributed by atoms with van der Waals surface area (Å²) < 4.78 is 27.1. The van der Waals surface area contributed by atoms with Crippen LogP contribution in [0.25, 0.3) is 21.9 Å². The summed E-state index contributed by atoms with van der Waals surface area (Å²) in [6, 6.07) is 7.95. The van der Waals surface area contributed by atoms with Gasteiger partial charge in [-0.2, -0.15) is 4.73 Å². The zero-order valence-corrected chi connectivity index (χ0v) is 14.6. The van der Waals surface area contributed by atoms with Gasteiger partial charge in [-0.25, -0.2) is 8.78 Å². The van der Waals surface area contributed by atoms with Crippen molar-refractivity contribution in [1.82, 2.24) is 10.3 Å². The topological polar surface area (TPSA) is 95.0 Å². The predicted octanol–water partition coefficient (Wildman–Crippen LogP) is 3.19. The number of rotatable bonds is 5. The first-order valence-corrected chi connectivity index (χ1v) is 8.41. The van der Waals surface area contributed by atoms with Gasteiger partial charge in [0, 0.05) is 23.7 Å². The third-order valence-corrected chi connectivity index (χ3v) is 4.20. The molecule has 8 heteroatoms. The predicted molar refractivity (Wildman–Crippen MR) is 98.1 cm³/mol. The number of hydrogen-bond donors (Lipinski definition) is 2. The minimum absolute atomic E-state index is 0.000408. The van der Waals surface area contributed by atoms with Crippen molar-refractivity contribution in [3.8, 4) is 11.1 Å². The van der Waals surface area contributed by atoms with Gasteiger partial charge in [0.25, 0.3) is 6.43 Å². The zero-order chi connectivity index (χ0) is 19.6. The number of hydrogen-bond acceptors (Lipinski definition) is 4. The van der Waals surface area contributed by atoms with Crippen LogP contribution in [0.15, 0.2) is 42.7 Å². The molecule has 0 aliphatic heterocycles. The van der Waals surface area contributed by atoms with E-state index in [1.54, 1.807) is 24.3 Å². The third-order valence-electron chi connectivity index (χ3n) is 4.20. The lowest BCUT2D eigenvalue weighted by Gasteiger charge is -2.14. The molecule has 0 saturated heterocycles. The van der Waals surface area contributed by atoms with Gasteiger partial charge in [0.15, 0.2) is 6.20 Å². The molecule has 2 heterocycles. The maximum absolute atomic E-state index is 13.4.